The Bertz CT molecular complexity index is 1070. The van der Waals surface area contributed by atoms with E-state index < -0.39 is 10.0 Å². The minimum Gasteiger partial charge on any atom is -0.332 e. The van der Waals surface area contributed by atoms with Gasteiger partial charge in [-0.3, -0.25) is 9.59 Å². The molecule has 3 heterocycles. The van der Waals surface area contributed by atoms with Gasteiger partial charge < -0.3 is 9.88 Å². The van der Waals surface area contributed by atoms with Gasteiger partial charge in [0.2, 0.25) is 15.9 Å². The number of carbonyl (C=O) groups is 1. The maximum atomic E-state index is 13.4. The number of nitrogens with one attached hydrogen (secondary N) is 1. The lowest BCUT2D eigenvalue weighted by Crippen LogP contribution is -2.40. The Hall–Kier alpha value is -1.74. The van der Waals surface area contributed by atoms with Crippen molar-refractivity contribution in [3.63, 3.8) is 0 Å². The molecule has 3 saturated carbocycles. The van der Waals surface area contributed by atoms with Gasteiger partial charge in [-0.15, -0.1) is 0 Å². The number of H-pyrrole nitrogens is 1. The standard InChI is InChI=1S/C21H28N4O4S/c1-30(28,29)24-8-6-13-14(10-24)22-19(23-20(13)26)15-3-2-7-25(15)21(27)18-16-11-4-5-12(9-11)17(16)18/h11-12,15-18H,2-10H2,1H3,(H,22,23,26)/t11-,12-,15+,16-,17+,18?/m0/s1. The molecule has 1 aromatic rings. The normalized spacial score (nSPS) is 37.3. The van der Waals surface area contributed by atoms with Crippen molar-refractivity contribution in [3.05, 3.63) is 27.4 Å². The van der Waals surface area contributed by atoms with Gasteiger partial charge in [-0.05, 0) is 62.2 Å². The largest absolute Gasteiger partial charge is 0.332 e. The molecule has 1 N–H and O–H groups in total. The number of nitrogens with zero attached hydrogens (tertiary/aromatic N) is 3. The van der Waals surface area contributed by atoms with E-state index in [1.54, 1.807) is 0 Å². The number of hydrogen-bond acceptors (Lipinski definition) is 5. The summed E-state index contributed by atoms with van der Waals surface area (Å²) >= 11 is 0. The molecule has 5 aliphatic rings. The third-order valence-electron chi connectivity index (χ3n) is 8.40. The number of aromatic amines is 1. The molecule has 3 aliphatic carbocycles. The third kappa shape index (κ3) is 2.74. The van der Waals surface area contributed by atoms with Crippen LogP contribution in [0.5, 0.6) is 0 Å². The average Bonchev–Trinajstić information content (AvgIpc) is 3.07. The number of carbonyl (C=O) groups excluding carboxylic acids is 1. The summed E-state index contributed by atoms with van der Waals surface area (Å²) in [5.41, 5.74) is 0.915. The van der Waals surface area contributed by atoms with Gasteiger partial charge in [-0.2, -0.15) is 4.31 Å². The number of likely N-dealkylation sites (tertiary alicyclic amines) is 1. The molecular weight excluding hydrogens is 404 g/mol. The quantitative estimate of drug-likeness (QED) is 0.769. The highest BCUT2D eigenvalue weighted by atomic mass is 32.2. The molecule has 1 unspecified atom stereocenters. The summed E-state index contributed by atoms with van der Waals surface area (Å²) in [5, 5.41) is 0. The zero-order valence-corrected chi connectivity index (χ0v) is 18.0. The maximum absolute atomic E-state index is 13.4. The maximum Gasteiger partial charge on any atom is 0.254 e. The molecule has 1 aromatic heterocycles. The topological polar surface area (TPSA) is 103 Å². The van der Waals surface area contributed by atoms with E-state index in [9.17, 15) is 18.0 Å². The zero-order chi connectivity index (χ0) is 20.8. The number of amides is 1. The fourth-order valence-corrected chi connectivity index (χ4v) is 7.82. The summed E-state index contributed by atoms with van der Waals surface area (Å²) < 4.78 is 25.3. The second-order valence-corrected chi connectivity index (χ2v) is 11.9. The molecule has 0 aromatic carbocycles. The lowest BCUT2D eigenvalue weighted by Gasteiger charge is -2.28. The molecule has 6 atom stereocenters. The SMILES string of the molecule is CS(=O)(=O)N1CCc2c(nc([C@H]3CCCN3C(=O)C3[C@@H]4[C@H]5CC[C@@H](C5)[C@H]34)[nH]c2=O)C1. The van der Waals surface area contributed by atoms with Crippen LogP contribution in [0.15, 0.2) is 4.79 Å². The van der Waals surface area contributed by atoms with Crippen LogP contribution in [0.4, 0.5) is 0 Å². The van der Waals surface area contributed by atoms with Crippen molar-refractivity contribution in [2.45, 2.75) is 51.1 Å². The van der Waals surface area contributed by atoms with Gasteiger partial charge in [-0.1, -0.05) is 0 Å². The summed E-state index contributed by atoms with van der Waals surface area (Å²) in [4.78, 5) is 35.7. The number of aromatic nitrogens is 2. The van der Waals surface area contributed by atoms with Crippen LogP contribution in [0.1, 0.15) is 55.2 Å². The predicted molar refractivity (Wildman–Crippen MR) is 109 cm³/mol. The van der Waals surface area contributed by atoms with Gasteiger partial charge in [0.1, 0.15) is 5.82 Å². The van der Waals surface area contributed by atoms with Crippen molar-refractivity contribution in [2.24, 2.45) is 29.6 Å². The summed E-state index contributed by atoms with van der Waals surface area (Å²) in [6, 6.07) is -0.205. The first kappa shape index (κ1) is 19.0. The Morgan fingerprint density at radius 1 is 1.13 bits per heavy atom. The summed E-state index contributed by atoms with van der Waals surface area (Å²) in [6.45, 7) is 1.14. The van der Waals surface area contributed by atoms with E-state index in [0.29, 0.717) is 48.4 Å². The molecule has 162 valence electrons. The lowest BCUT2D eigenvalue weighted by molar-refractivity contribution is -0.134. The zero-order valence-electron chi connectivity index (χ0n) is 17.2. The third-order valence-corrected chi connectivity index (χ3v) is 9.65. The van der Waals surface area contributed by atoms with E-state index in [0.717, 1.165) is 24.7 Å². The molecule has 0 spiro atoms. The number of sulfonamides is 1. The van der Waals surface area contributed by atoms with Gasteiger partial charge in [0, 0.05) is 24.6 Å². The number of hydrogen-bond donors (Lipinski definition) is 1. The Kier molecular flexibility index (Phi) is 4.04. The smallest absolute Gasteiger partial charge is 0.254 e. The fourth-order valence-electron chi connectivity index (χ4n) is 7.04. The lowest BCUT2D eigenvalue weighted by atomic mass is 10.0. The second-order valence-electron chi connectivity index (χ2n) is 9.93. The monoisotopic (exact) mass is 432 g/mol. The van der Waals surface area contributed by atoms with E-state index in [1.807, 2.05) is 4.90 Å². The summed E-state index contributed by atoms with van der Waals surface area (Å²) in [5.74, 6) is 3.64. The van der Waals surface area contributed by atoms with Crippen LogP contribution in [0, 0.1) is 29.6 Å². The molecule has 8 nitrogen and oxygen atoms in total. The fraction of sp³-hybridized carbons (Fsp3) is 0.762. The minimum absolute atomic E-state index is 0.127. The van der Waals surface area contributed by atoms with Gasteiger partial charge in [0.05, 0.1) is 24.5 Å². The Labute approximate surface area is 176 Å². The van der Waals surface area contributed by atoms with Crippen molar-refractivity contribution >= 4 is 15.9 Å². The second kappa shape index (κ2) is 6.38. The van der Waals surface area contributed by atoms with E-state index in [4.69, 9.17) is 4.98 Å². The highest BCUT2D eigenvalue weighted by Gasteiger charge is 2.68. The summed E-state index contributed by atoms with van der Waals surface area (Å²) in [6.07, 6.45) is 7.14. The Morgan fingerprint density at radius 2 is 1.87 bits per heavy atom. The molecule has 2 aliphatic heterocycles. The van der Waals surface area contributed by atoms with Gasteiger partial charge in [0.25, 0.3) is 5.56 Å². The molecule has 6 rings (SSSR count). The minimum atomic E-state index is -3.34. The van der Waals surface area contributed by atoms with Crippen LogP contribution < -0.4 is 5.56 Å². The van der Waals surface area contributed by atoms with E-state index >= 15 is 0 Å². The van der Waals surface area contributed by atoms with E-state index in [2.05, 4.69) is 4.98 Å². The van der Waals surface area contributed by atoms with E-state index in [-0.39, 0.29) is 30.0 Å². The highest BCUT2D eigenvalue weighted by Crippen LogP contribution is 2.70. The summed E-state index contributed by atoms with van der Waals surface area (Å²) in [7, 11) is -3.34. The molecule has 4 fully saturated rings. The van der Waals surface area contributed by atoms with Crippen molar-refractivity contribution in [1.29, 1.82) is 0 Å². The van der Waals surface area contributed by atoms with Crippen LogP contribution in [-0.4, -0.2) is 52.8 Å². The predicted octanol–water partition coefficient (Wildman–Crippen LogP) is 1.04. The van der Waals surface area contributed by atoms with Crippen LogP contribution >= 0.6 is 0 Å². The first-order valence-corrected chi connectivity index (χ1v) is 13.1. The Balaban J connectivity index is 1.27. The first-order chi connectivity index (χ1) is 14.3. The molecule has 1 amide bonds. The van der Waals surface area contributed by atoms with Crippen LogP contribution in [-0.2, 0) is 27.8 Å². The van der Waals surface area contributed by atoms with Crippen molar-refractivity contribution in [1.82, 2.24) is 19.2 Å². The van der Waals surface area contributed by atoms with Crippen LogP contribution in [0.2, 0.25) is 0 Å². The number of rotatable bonds is 3. The van der Waals surface area contributed by atoms with Gasteiger partial charge in [-0.25, -0.2) is 13.4 Å². The molecule has 2 bridgehead atoms. The van der Waals surface area contributed by atoms with Crippen LogP contribution in [0.3, 0.4) is 0 Å². The molecule has 9 heteroatoms. The van der Waals surface area contributed by atoms with Gasteiger partial charge >= 0.3 is 0 Å². The molecule has 30 heavy (non-hydrogen) atoms. The molecule has 1 saturated heterocycles. The van der Waals surface area contributed by atoms with E-state index in [1.165, 1.54) is 29.8 Å². The van der Waals surface area contributed by atoms with Crippen molar-refractivity contribution in [2.75, 3.05) is 19.3 Å². The van der Waals surface area contributed by atoms with Crippen molar-refractivity contribution in [3.8, 4) is 0 Å². The molecular formula is C21H28N4O4S. The highest BCUT2D eigenvalue weighted by molar-refractivity contribution is 7.88. The van der Waals surface area contributed by atoms with Gasteiger partial charge in [0.15, 0.2) is 0 Å². The Morgan fingerprint density at radius 3 is 2.57 bits per heavy atom. The van der Waals surface area contributed by atoms with Crippen molar-refractivity contribution < 1.29 is 13.2 Å². The molecule has 0 radical (unpaired) electrons. The number of fused-ring (bicyclic) bond motifs is 6. The van der Waals surface area contributed by atoms with Crippen LogP contribution in [0.25, 0.3) is 0 Å². The first-order valence-electron chi connectivity index (χ1n) is 11.2. The average molecular weight is 433 g/mol.